The van der Waals surface area contributed by atoms with Crippen LogP contribution in [0.2, 0.25) is 0 Å². The quantitative estimate of drug-likeness (QED) is 0.306. The van der Waals surface area contributed by atoms with Crippen LogP contribution in [-0.4, -0.2) is 62.9 Å². The molecule has 0 aliphatic rings. The third kappa shape index (κ3) is 3.93. The predicted octanol–water partition coefficient (Wildman–Crippen LogP) is -3.14. The molecule has 4 atom stereocenters. The summed E-state index contributed by atoms with van der Waals surface area (Å²) in [4.78, 5) is 31.3. The van der Waals surface area contributed by atoms with Gasteiger partial charge in [-0.05, 0) is 0 Å². The van der Waals surface area contributed by atoms with Crippen LogP contribution < -0.4 is 5.32 Å². The molecule has 16 heavy (non-hydrogen) atoms. The number of nitrogens with one attached hydrogen (secondary N) is 1. The molecular formula is C8H13NO7. The molecule has 5 N–H and O–H groups in total. The first-order valence-corrected chi connectivity index (χ1v) is 4.30. The van der Waals surface area contributed by atoms with Crippen molar-refractivity contribution in [3.63, 3.8) is 0 Å². The number of carboxylic acid groups (broad SMARTS) is 1. The zero-order valence-electron chi connectivity index (χ0n) is 8.40. The summed E-state index contributed by atoms with van der Waals surface area (Å²) in [5, 5.41) is 37.7. The summed E-state index contributed by atoms with van der Waals surface area (Å²) in [5.41, 5.74) is 0. The van der Waals surface area contributed by atoms with Gasteiger partial charge in [0.25, 0.3) is 0 Å². The molecule has 0 aromatic rings. The minimum Gasteiger partial charge on any atom is -0.479 e. The Labute approximate surface area is 90.5 Å². The first-order chi connectivity index (χ1) is 7.31. The van der Waals surface area contributed by atoms with Gasteiger partial charge in [-0.15, -0.1) is 0 Å². The van der Waals surface area contributed by atoms with Crippen LogP contribution in [0.15, 0.2) is 0 Å². The molecule has 0 aromatic heterocycles. The molecule has 0 aliphatic heterocycles. The summed E-state index contributed by atoms with van der Waals surface area (Å²) < 4.78 is 0. The third-order valence-corrected chi connectivity index (χ3v) is 1.81. The third-order valence-electron chi connectivity index (χ3n) is 1.81. The van der Waals surface area contributed by atoms with Crippen LogP contribution in [0.3, 0.4) is 0 Å². The number of amides is 1. The van der Waals surface area contributed by atoms with E-state index in [1.165, 1.54) is 0 Å². The minimum atomic E-state index is -2.24. The Kier molecular flexibility index (Phi) is 5.57. The fraction of sp³-hybridized carbons (Fsp3) is 0.625. The van der Waals surface area contributed by atoms with E-state index in [2.05, 4.69) is 0 Å². The second kappa shape index (κ2) is 6.16. The zero-order chi connectivity index (χ0) is 12.9. The fourth-order valence-electron chi connectivity index (χ4n) is 0.980. The van der Waals surface area contributed by atoms with E-state index in [-0.39, 0.29) is 6.29 Å². The molecular weight excluding hydrogens is 222 g/mol. The number of aldehydes is 1. The lowest BCUT2D eigenvalue weighted by Crippen LogP contribution is -2.53. The second-order valence-electron chi connectivity index (χ2n) is 3.13. The van der Waals surface area contributed by atoms with Crippen LogP contribution in [0.5, 0.6) is 0 Å². The van der Waals surface area contributed by atoms with Gasteiger partial charge in [-0.3, -0.25) is 4.79 Å². The van der Waals surface area contributed by atoms with Gasteiger partial charge in [-0.1, -0.05) is 0 Å². The van der Waals surface area contributed by atoms with Crippen molar-refractivity contribution in [1.82, 2.24) is 5.32 Å². The van der Waals surface area contributed by atoms with Crippen LogP contribution in [0.25, 0.3) is 0 Å². The van der Waals surface area contributed by atoms with Gasteiger partial charge in [0.2, 0.25) is 5.91 Å². The van der Waals surface area contributed by atoms with Crippen molar-refractivity contribution in [3.05, 3.63) is 0 Å². The van der Waals surface area contributed by atoms with Crippen molar-refractivity contribution >= 4 is 18.2 Å². The molecule has 0 heterocycles. The maximum absolute atomic E-state index is 10.6. The summed E-state index contributed by atoms with van der Waals surface area (Å²) in [6.07, 6.45) is -6.11. The molecule has 4 unspecified atom stereocenters. The van der Waals surface area contributed by atoms with Gasteiger partial charge in [-0.25, -0.2) is 4.79 Å². The van der Waals surface area contributed by atoms with Gasteiger partial charge in [0.15, 0.2) is 6.10 Å². The Hall–Kier alpha value is -1.51. The number of hydrogen-bond acceptors (Lipinski definition) is 6. The first-order valence-electron chi connectivity index (χ1n) is 4.30. The van der Waals surface area contributed by atoms with Gasteiger partial charge in [0, 0.05) is 6.92 Å². The Bertz CT molecular complexity index is 280. The Morgan fingerprint density at radius 3 is 2.00 bits per heavy atom. The maximum Gasteiger partial charge on any atom is 0.335 e. The monoisotopic (exact) mass is 235 g/mol. The molecule has 0 bridgehead atoms. The minimum absolute atomic E-state index is 0.129. The SMILES string of the molecule is CC(=O)NC(C=O)C(O)C(O)C(O)C(=O)O. The molecule has 0 saturated heterocycles. The number of rotatable bonds is 6. The summed E-state index contributed by atoms with van der Waals surface area (Å²) in [6.45, 7) is 1.07. The molecule has 0 spiro atoms. The Morgan fingerprint density at radius 2 is 1.69 bits per heavy atom. The molecule has 1 amide bonds. The summed E-state index contributed by atoms with van der Waals surface area (Å²) in [7, 11) is 0. The summed E-state index contributed by atoms with van der Waals surface area (Å²) in [6, 6.07) is -1.48. The van der Waals surface area contributed by atoms with Crippen LogP contribution in [0, 0.1) is 0 Å². The highest BCUT2D eigenvalue weighted by atomic mass is 16.4. The smallest absolute Gasteiger partial charge is 0.335 e. The standard InChI is InChI=1S/C8H13NO7/c1-3(11)9-4(2-10)5(12)6(13)7(14)8(15)16/h2,4-7,12-14H,1H3,(H,9,11)(H,15,16). The van der Waals surface area contributed by atoms with Gasteiger partial charge >= 0.3 is 5.97 Å². The van der Waals surface area contributed by atoms with E-state index in [0.29, 0.717) is 0 Å². The van der Waals surface area contributed by atoms with Gasteiger partial charge in [0.05, 0.1) is 0 Å². The highest BCUT2D eigenvalue weighted by molar-refractivity contribution is 5.78. The lowest BCUT2D eigenvalue weighted by molar-refractivity contribution is -0.159. The molecule has 8 nitrogen and oxygen atoms in total. The number of hydrogen-bond donors (Lipinski definition) is 5. The first kappa shape index (κ1) is 14.5. The molecule has 0 fully saturated rings. The summed E-state index contributed by atoms with van der Waals surface area (Å²) in [5.74, 6) is -2.40. The zero-order valence-corrected chi connectivity index (χ0v) is 8.40. The average molecular weight is 235 g/mol. The van der Waals surface area contributed by atoms with Crippen LogP contribution in [0.4, 0.5) is 0 Å². The van der Waals surface area contributed by atoms with E-state index < -0.39 is 36.2 Å². The second-order valence-corrected chi connectivity index (χ2v) is 3.13. The number of carboxylic acids is 1. The Balaban J connectivity index is 4.60. The highest BCUT2D eigenvalue weighted by Gasteiger charge is 2.35. The van der Waals surface area contributed by atoms with Crippen molar-refractivity contribution in [3.8, 4) is 0 Å². The normalized spacial score (nSPS) is 18.0. The van der Waals surface area contributed by atoms with Crippen molar-refractivity contribution in [1.29, 1.82) is 0 Å². The topological polar surface area (TPSA) is 144 Å². The molecule has 0 aliphatic carbocycles. The molecule has 0 radical (unpaired) electrons. The molecule has 0 saturated carbocycles. The van der Waals surface area contributed by atoms with E-state index in [9.17, 15) is 24.6 Å². The van der Waals surface area contributed by atoms with Crippen LogP contribution in [0.1, 0.15) is 6.92 Å². The number of aliphatic hydroxyl groups is 3. The van der Waals surface area contributed by atoms with Crippen LogP contribution >= 0.6 is 0 Å². The summed E-state index contributed by atoms with van der Waals surface area (Å²) >= 11 is 0. The van der Waals surface area contributed by atoms with Gasteiger partial charge in [-0.2, -0.15) is 0 Å². The fourth-order valence-corrected chi connectivity index (χ4v) is 0.980. The van der Waals surface area contributed by atoms with Crippen molar-refractivity contribution in [2.45, 2.75) is 31.3 Å². The van der Waals surface area contributed by atoms with E-state index >= 15 is 0 Å². The lowest BCUT2D eigenvalue weighted by Gasteiger charge is -2.24. The van der Waals surface area contributed by atoms with E-state index in [4.69, 9.17) is 10.2 Å². The van der Waals surface area contributed by atoms with Crippen LogP contribution in [-0.2, 0) is 14.4 Å². The number of carbonyl (C=O) groups excluding carboxylic acids is 2. The number of aliphatic carboxylic acids is 1. The van der Waals surface area contributed by atoms with E-state index in [1.807, 2.05) is 5.32 Å². The van der Waals surface area contributed by atoms with Crippen molar-refractivity contribution in [2.24, 2.45) is 0 Å². The molecule has 0 rings (SSSR count). The van der Waals surface area contributed by atoms with Crippen molar-refractivity contribution < 1.29 is 34.8 Å². The Morgan fingerprint density at radius 1 is 1.19 bits per heavy atom. The predicted molar refractivity (Wildman–Crippen MR) is 49.3 cm³/mol. The largest absolute Gasteiger partial charge is 0.479 e. The van der Waals surface area contributed by atoms with Gasteiger partial charge < -0.3 is 30.5 Å². The molecule has 8 heteroatoms. The average Bonchev–Trinajstić information content (AvgIpc) is 2.22. The molecule has 92 valence electrons. The van der Waals surface area contributed by atoms with Crippen molar-refractivity contribution in [2.75, 3.05) is 0 Å². The van der Waals surface area contributed by atoms with Gasteiger partial charge in [0.1, 0.15) is 24.5 Å². The molecule has 0 aromatic carbocycles. The number of carbonyl (C=O) groups is 3. The van der Waals surface area contributed by atoms with E-state index in [0.717, 1.165) is 6.92 Å². The maximum atomic E-state index is 10.6. The number of aliphatic hydroxyl groups excluding tert-OH is 3. The lowest BCUT2D eigenvalue weighted by atomic mass is 10.0. The highest BCUT2D eigenvalue weighted by Crippen LogP contribution is 2.04. The van der Waals surface area contributed by atoms with E-state index in [1.54, 1.807) is 0 Å².